The summed E-state index contributed by atoms with van der Waals surface area (Å²) in [6.07, 6.45) is 3.76. The van der Waals surface area contributed by atoms with E-state index in [1.54, 1.807) is 11.3 Å². The van der Waals surface area contributed by atoms with Crippen molar-refractivity contribution >= 4 is 22.3 Å². The first kappa shape index (κ1) is 11.6. The van der Waals surface area contributed by atoms with Gasteiger partial charge in [-0.2, -0.15) is 0 Å². The van der Waals surface area contributed by atoms with Crippen LogP contribution in [0.25, 0.3) is 0 Å². The summed E-state index contributed by atoms with van der Waals surface area (Å²) in [5.41, 5.74) is 1.03. The van der Waals surface area contributed by atoms with Gasteiger partial charge in [-0.05, 0) is 26.2 Å². The van der Waals surface area contributed by atoms with Crippen LogP contribution in [-0.2, 0) is 6.42 Å². The van der Waals surface area contributed by atoms with E-state index in [4.69, 9.17) is 0 Å². The second-order valence-corrected chi connectivity index (χ2v) is 5.11. The van der Waals surface area contributed by atoms with Crippen LogP contribution in [-0.4, -0.2) is 23.9 Å². The smallest absolute Gasteiger partial charge is 0.186 e. The number of carbonyl (C=O) groups is 1. The van der Waals surface area contributed by atoms with Crippen LogP contribution in [0.4, 0.5) is 5.13 Å². The van der Waals surface area contributed by atoms with Gasteiger partial charge in [0.05, 0.1) is 10.6 Å². The van der Waals surface area contributed by atoms with Gasteiger partial charge in [-0.3, -0.25) is 4.79 Å². The molecule has 0 N–H and O–H groups in total. The Bertz CT molecular complexity index is 386. The van der Waals surface area contributed by atoms with Crippen molar-refractivity contribution in [2.75, 3.05) is 18.0 Å². The Morgan fingerprint density at radius 2 is 2.19 bits per heavy atom. The minimum absolute atomic E-state index is 0.289. The molecule has 4 heteroatoms. The molecule has 0 bridgehead atoms. The van der Waals surface area contributed by atoms with Crippen molar-refractivity contribution in [2.24, 2.45) is 0 Å². The monoisotopic (exact) mass is 238 g/mol. The molecule has 0 aliphatic heterocycles. The molecule has 0 fully saturated rings. The highest BCUT2D eigenvalue weighted by molar-refractivity contribution is 7.17. The van der Waals surface area contributed by atoms with Gasteiger partial charge in [0.2, 0.25) is 0 Å². The first-order valence-electron chi connectivity index (χ1n) is 6.04. The van der Waals surface area contributed by atoms with Crippen LogP contribution < -0.4 is 4.90 Å². The fourth-order valence-corrected chi connectivity index (χ4v) is 3.22. The van der Waals surface area contributed by atoms with Gasteiger partial charge in [0.25, 0.3) is 0 Å². The quantitative estimate of drug-likeness (QED) is 0.808. The molecule has 0 radical (unpaired) electrons. The van der Waals surface area contributed by atoms with Crippen molar-refractivity contribution in [1.29, 1.82) is 0 Å². The third kappa shape index (κ3) is 2.12. The second-order valence-electron chi connectivity index (χ2n) is 4.13. The Morgan fingerprint density at radius 1 is 1.38 bits per heavy atom. The molecule has 0 unspecified atom stereocenters. The third-order valence-electron chi connectivity index (χ3n) is 2.90. The Morgan fingerprint density at radius 3 is 2.81 bits per heavy atom. The molecule has 0 saturated carbocycles. The zero-order chi connectivity index (χ0) is 11.5. The lowest BCUT2D eigenvalue weighted by Gasteiger charge is -2.18. The molecule has 0 spiro atoms. The van der Waals surface area contributed by atoms with Crippen LogP contribution in [0.5, 0.6) is 0 Å². The third-order valence-corrected chi connectivity index (χ3v) is 4.10. The maximum absolute atomic E-state index is 11.7. The number of fused-ring (bicyclic) bond motifs is 1. The molecule has 0 amide bonds. The van der Waals surface area contributed by atoms with Gasteiger partial charge in [0, 0.05) is 19.5 Å². The van der Waals surface area contributed by atoms with Gasteiger partial charge in [-0.25, -0.2) is 4.98 Å². The summed E-state index contributed by atoms with van der Waals surface area (Å²) < 4.78 is 0. The number of Topliss-reactive ketones (excluding diaryl/α,β-unsaturated/α-hetero) is 1. The van der Waals surface area contributed by atoms with Gasteiger partial charge < -0.3 is 4.90 Å². The van der Waals surface area contributed by atoms with Gasteiger partial charge in [-0.1, -0.05) is 18.3 Å². The summed E-state index contributed by atoms with van der Waals surface area (Å²) in [5, 5.41) is 1.03. The van der Waals surface area contributed by atoms with Gasteiger partial charge in [0.15, 0.2) is 10.9 Å². The average molecular weight is 238 g/mol. The molecule has 16 heavy (non-hydrogen) atoms. The van der Waals surface area contributed by atoms with Gasteiger partial charge >= 0.3 is 0 Å². The van der Waals surface area contributed by atoms with E-state index in [9.17, 15) is 4.79 Å². The summed E-state index contributed by atoms with van der Waals surface area (Å²) in [6, 6.07) is 0. The van der Waals surface area contributed by atoms with Crippen molar-refractivity contribution in [3.63, 3.8) is 0 Å². The summed E-state index contributed by atoms with van der Waals surface area (Å²) >= 11 is 1.58. The Labute approximate surface area is 100 Å². The molecule has 0 aromatic carbocycles. The second kappa shape index (κ2) is 4.95. The lowest BCUT2D eigenvalue weighted by Crippen LogP contribution is -2.23. The van der Waals surface area contributed by atoms with Crippen molar-refractivity contribution < 1.29 is 4.79 Å². The number of anilines is 1. The van der Waals surface area contributed by atoms with Crippen molar-refractivity contribution in [1.82, 2.24) is 4.98 Å². The predicted octanol–water partition coefficient (Wildman–Crippen LogP) is 2.90. The summed E-state index contributed by atoms with van der Waals surface area (Å²) in [6.45, 7) is 6.30. The number of rotatable bonds is 4. The van der Waals surface area contributed by atoms with Crippen molar-refractivity contribution in [3.05, 3.63) is 10.6 Å². The number of aromatic nitrogens is 1. The van der Waals surface area contributed by atoms with Crippen LogP contribution in [0.2, 0.25) is 0 Å². The minimum atomic E-state index is 0.289. The molecule has 1 aliphatic carbocycles. The highest BCUT2D eigenvalue weighted by Gasteiger charge is 2.23. The largest absolute Gasteiger partial charge is 0.348 e. The molecule has 0 atom stereocenters. The maximum atomic E-state index is 11.7. The molecule has 88 valence electrons. The van der Waals surface area contributed by atoms with Gasteiger partial charge in [0.1, 0.15) is 0 Å². The summed E-state index contributed by atoms with van der Waals surface area (Å²) in [5.74, 6) is 0.289. The number of aryl methyl sites for hydroxylation is 1. The summed E-state index contributed by atoms with van der Waals surface area (Å²) in [4.78, 5) is 19.5. The van der Waals surface area contributed by atoms with E-state index in [-0.39, 0.29) is 5.78 Å². The first-order valence-corrected chi connectivity index (χ1v) is 6.85. The number of hydrogen-bond acceptors (Lipinski definition) is 4. The lowest BCUT2D eigenvalue weighted by atomic mass is 10.0. The van der Waals surface area contributed by atoms with E-state index in [1.807, 2.05) is 0 Å². The fraction of sp³-hybridized carbons (Fsp3) is 0.667. The van der Waals surface area contributed by atoms with E-state index in [1.165, 1.54) is 0 Å². The Kier molecular flexibility index (Phi) is 3.59. The molecule has 3 nitrogen and oxygen atoms in total. The van der Waals surface area contributed by atoms with Crippen LogP contribution in [0.1, 0.15) is 48.5 Å². The maximum Gasteiger partial charge on any atom is 0.186 e. The van der Waals surface area contributed by atoms with E-state index < -0.39 is 0 Å². The van der Waals surface area contributed by atoms with E-state index in [0.717, 1.165) is 48.1 Å². The molecular formula is C12H18N2OS. The number of hydrogen-bond donors (Lipinski definition) is 0. The zero-order valence-corrected chi connectivity index (χ0v) is 10.8. The average Bonchev–Trinajstić information content (AvgIpc) is 2.71. The van der Waals surface area contributed by atoms with Crippen LogP contribution in [0, 0.1) is 0 Å². The predicted molar refractivity (Wildman–Crippen MR) is 67.6 cm³/mol. The van der Waals surface area contributed by atoms with E-state index in [2.05, 4.69) is 23.7 Å². The molecule has 1 heterocycles. The van der Waals surface area contributed by atoms with E-state index >= 15 is 0 Å². The van der Waals surface area contributed by atoms with Crippen molar-refractivity contribution in [2.45, 2.75) is 39.5 Å². The van der Waals surface area contributed by atoms with E-state index in [0.29, 0.717) is 6.42 Å². The van der Waals surface area contributed by atoms with Crippen LogP contribution in [0.15, 0.2) is 0 Å². The zero-order valence-electron chi connectivity index (χ0n) is 9.95. The van der Waals surface area contributed by atoms with Crippen molar-refractivity contribution in [3.8, 4) is 0 Å². The fourth-order valence-electron chi connectivity index (χ4n) is 2.05. The molecule has 2 rings (SSSR count). The lowest BCUT2D eigenvalue weighted by molar-refractivity contribution is 0.0976. The number of nitrogens with zero attached hydrogens (tertiary/aromatic N) is 2. The molecule has 1 aliphatic rings. The molecule has 1 aromatic heterocycles. The topological polar surface area (TPSA) is 33.2 Å². The number of carbonyl (C=O) groups excluding carboxylic acids is 1. The van der Waals surface area contributed by atoms with Crippen LogP contribution in [0.3, 0.4) is 0 Å². The highest BCUT2D eigenvalue weighted by atomic mass is 32.1. The van der Waals surface area contributed by atoms with Gasteiger partial charge in [-0.15, -0.1) is 0 Å². The number of thiazole rings is 1. The molecule has 1 aromatic rings. The van der Waals surface area contributed by atoms with Crippen LogP contribution >= 0.6 is 11.3 Å². The normalized spacial score (nSPS) is 15.0. The minimum Gasteiger partial charge on any atom is -0.348 e. The number of ketones is 1. The SMILES string of the molecule is CCCN(CC)c1nc2c(s1)C(=O)CCC2. The Hall–Kier alpha value is -0.900. The first-order chi connectivity index (χ1) is 7.76. The highest BCUT2D eigenvalue weighted by Crippen LogP contribution is 2.31. The molecular weight excluding hydrogens is 220 g/mol. The molecule has 0 saturated heterocycles. The Balaban J connectivity index is 2.26. The standard InChI is InChI=1S/C12H18N2OS/c1-3-8-14(4-2)12-13-9-6-5-7-10(15)11(9)16-12/h3-8H2,1-2H3. The summed E-state index contributed by atoms with van der Waals surface area (Å²) in [7, 11) is 0.